The van der Waals surface area contributed by atoms with Crippen LogP contribution in [0.15, 0.2) is 0 Å². The van der Waals surface area contributed by atoms with Crippen molar-refractivity contribution in [3.05, 3.63) is 13.2 Å². The average Bonchev–Trinajstić information content (AvgIpc) is 1.00. The molecule has 0 aliphatic carbocycles. The molecule has 0 aliphatic heterocycles. The van der Waals surface area contributed by atoms with Crippen LogP contribution in [0.5, 0.6) is 0 Å². The van der Waals surface area contributed by atoms with Gasteiger partial charge < -0.3 is 6.58 Å². The Morgan fingerprint density at radius 2 is 1.00 bits per heavy atom. The second kappa shape index (κ2) is 32.1. The molecule has 0 aromatic carbocycles. The van der Waals surface area contributed by atoms with Gasteiger partial charge in [-0.15, -0.1) is 0 Å². The van der Waals surface area contributed by atoms with Gasteiger partial charge in [-0.2, -0.15) is 0 Å². The first-order chi connectivity index (χ1) is 1.00. The zero-order chi connectivity index (χ0) is 2.00. The van der Waals surface area contributed by atoms with Crippen molar-refractivity contribution in [1.82, 2.24) is 0 Å². The molecule has 0 aromatic rings. The van der Waals surface area contributed by atoms with E-state index < -0.39 is 0 Å². The number of rotatable bonds is 0. The van der Waals surface area contributed by atoms with Gasteiger partial charge >= 0.3 is 0 Å². The third kappa shape index (κ3) is 11.2. The van der Waals surface area contributed by atoms with Crippen LogP contribution >= 0.6 is 0 Å². The average molecular weight is 394 g/mol. The maximum atomic E-state index is 4.00. The Kier molecular flexibility index (Phi) is 155. The van der Waals surface area contributed by atoms with Crippen molar-refractivity contribution >= 4 is 0 Å². The van der Waals surface area contributed by atoms with Gasteiger partial charge in [0.15, 0.2) is 0 Å². The Morgan fingerprint density at radius 1 is 1.00 bits per heavy atom. The maximum absolute atomic E-state index is 4.00. The minimum atomic E-state index is 0. The van der Waals surface area contributed by atoms with Crippen LogP contribution in [0.3, 0.4) is 0 Å². The standard InChI is InChI=1S/C2H2.2W/c1-2;;/h1-2H;;/q-1;;. The molecule has 0 heterocycles. The molecule has 0 fully saturated rings. The molecular weight excluding hydrogens is 392 g/mol. The first-order valence-corrected chi connectivity index (χ1v) is 0.333. The molecule has 0 aliphatic rings. The summed E-state index contributed by atoms with van der Waals surface area (Å²) in [6.07, 6.45) is 0. The van der Waals surface area contributed by atoms with Crippen LogP contribution in [0.4, 0.5) is 0 Å². The smallest absolute Gasteiger partial charge is 0 e. The fourth-order valence-corrected chi connectivity index (χ4v) is 0. The van der Waals surface area contributed by atoms with Crippen LogP contribution in [0, 0.1) is 13.2 Å². The van der Waals surface area contributed by atoms with E-state index in [0.717, 1.165) is 0 Å². The summed E-state index contributed by atoms with van der Waals surface area (Å²) in [6, 6.07) is 0. The van der Waals surface area contributed by atoms with E-state index in [1.54, 1.807) is 0 Å². The van der Waals surface area contributed by atoms with E-state index in [2.05, 4.69) is 13.2 Å². The van der Waals surface area contributed by atoms with E-state index in [0.29, 0.717) is 0 Å². The topological polar surface area (TPSA) is 0 Å². The molecule has 0 amide bonds. The molecule has 0 rings (SSSR count). The molecule has 1 radical (unpaired) electrons. The molecule has 0 nitrogen and oxygen atoms in total. The third-order valence-corrected chi connectivity index (χ3v) is 0. The van der Waals surface area contributed by atoms with Gasteiger partial charge in [-0.3, -0.25) is 6.58 Å². The van der Waals surface area contributed by atoms with E-state index in [9.17, 15) is 0 Å². The van der Waals surface area contributed by atoms with Crippen LogP contribution in [0.1, 0.15) is 0 Å². The molecule has 0 unspecified atom stereocenters. The third-order valence-electron chi connectivity index (χ3n) is 0. The Hall–Kier alpha value is 1.12. The molecule has 4 heavy (non-hydrogen) atoms. The zero-order valence-corrected chi connectivity index (χ0v) is 7.84. The quantitative estimate of drug-likeness (QED) is 0.523. The van der Waals surface area contributed by atoms with Crippen molar-refractivity contribution in [1.29, 1.82) is 0 Å². The van der Waals surface area contributed by atoms with E-state index in [-0.39, 0.29) is 42.1 Å². The van der Waals surface area contributed by atoms with E-state index in [4.69, 9.17) is 0 Å². The van der Waals surface area contributed by atoms with Crippen LogP contribution in [0.25, 0.3) is 0 Å². The van der Waals surface area contributed by atoms with Gasteiger partial charge in [-0.05, 0) is 0 Å². The summed E-state index contributed by atoms with van der Waals surface area (Å²) in [7, 11) is 0. The normalized spacial score (nSPS) is 1.00. The Labute approximate surface area is 55.2 Å². The fraction of sp³-hybridized carbons (Fsp3) is 0. The second-order valence-corrected chi connectivity index (χ2v) is 0. The Bertz CT molecular complexity index is 4.00. The molecule has 0 bridgehead atoms. The van der Waals surface area contributed by atoms with Gasteiger partial charge in [-0.25, -0.2) is 0 Å². The minimum Gasteiger partial charge on any atom is -0.516 e. The van der Waals surface area contributed by atoms with Crippen LogP contribution in [-0.4, -0.2) is 0 Å². The van der Waals surface area contributed by atoms with Crippen LogP contribution in [-0.2, 0) is 42.1 Å². The van der Waals surface area contributed by atoms with E-state index in [1.165, 1.54) is 0 Å². The van der Waals surface area contributed by atoms with Crippen molar-refractivity contribution < 1.29 is 42.1 Å². The largest absolute Gasteiger partial charge is 0.516 e. The van der Waals surface area contributed by atoms with Gasteiger partial charge in [-0.1, -0.05) is 0 Å². The Balaban J connectivity index is -0.00000000500. The molecule has 0 spiro atoms. The molecule has 0 saturated heterocycles. The molecule has 0 atom stereocenters. The summed E-state index contributed by atoms with van der Waals surface area (Å²) in [4.78, 5) is 0. The summed E-state index contributed by atoms with van der Waals surface area (Å²) < 4.78 is 0. The summed E-state index contributed by atoms with van der Waals surface area (Å²) in [6.45, 7) is 8.00. The molecular formula is C2H2W2-. The second-order valence-electron chi connectivity index (χ2n) is 0. The predicted octanol–water partition coefficient (Wildman–Crippen LogP) is 0.404. The molecule has 0 N–H and O–H groups in total. The number of hydrogen-bond acceptors (Lipinski definition) is 0. The van der Waals surface area contributed by atoms with Crippen molar-refractivity contribution in [3.8, 4) is 0 Å². The van der Waals surface area contributed by atoms with Gasteiger partial charge in [0, 0.05) is 42.1 Å². The summed E-state index contributed by atoms with van der Waals surface area (Å²) in [5.41, 5.74) is 0. The van der Waals surface area contributed by atoms with Gasteiger partial charge in [0.05, 0.1) is 0 Å². The maximum Gasteiger partial charge on any atom is 0 e. The minimum absolute atomic E-state index is 0. The molecule has 23 valence electrons. The molecule has 0 saturated carbocycles. The van der Waals surface area contributed by atoms with E-state index in [1.807, 2.05) is 0 Å². The first-order valence-electron chi connectivity index (χ1n) is 0.333. The van der Waals surface area contributed by atoms with Gasteiger partial charge in [0.2, 0.25) is 0 Å². The summed E-state index contributed by atoms with van der Waals surface area (Å²) in [5.74, 6) is 0. The van der Waals surface area contributed by atoms with Crippen LogP contribution in [0.2, 0.25) is 0 Å². The SMILES string of the molecule is [CH]=[CH-].[W].[W]. The van der Waals surface area contributed by atoms with Crippen molar-refractivity contribution in [2.45, 2.75) is 0 Å². The van der Waals surface area contributed by atoms with Crippen molar-refractivity contribution in [2.24, 2.45) is 0 Å². The molecule has 0 aromatic heterocycles. The summed E-state index contributed by atoms with van der Waals surface area (Å²) in [5, 5.41) is 0. The van der Waals surface area contributed by atoms with Gasteiger partial charge in [0.25, 0.3) is 0 Å². The first kappa shape index (κ1) is 19.4. The van der Waals surface area contributed by atoms with Gasteiger partial charge in [0.1, 0.15) is 0 Å². The van der Waals surface area contributed by atoms with Crippen LogP contribution < -0.4 is 0 Å². The Morgan fingerprint density at radius 3 is 1.00 bits per heavy atom. The van der Waals surface area contributed by atoms with Crippen molar-refractivity contribution in [2.75, 3.05) is 0 Å². The fourth-order valence-electron chi connectivity index (χ4n) is 0. The van der Waals surface area contributed by atoms with E-state index >= 15 is 0 Å². The zero-order valence-electron chi connectivity index (χ0n) is 1.97. The predicted molar refractivity (Wildman–Crippen MR) is 8.60 cm³/mol. The van der Waals surface area contributed by atoms with Crippen molar-refractivity contribution in [3.63, 3.8) is 0 Å². The summed E-state index contributed by atoms with van der Waals surface area (Å²) >= 11 is 0. The molecule has 2 heteroatoms. The number of hydrogen-bond donors (Lipinski definition) is 0. The monoisotopic (exact) mass is 394 g/mol.